The minimum Gasteiger partial charge on any atom is -0.456 e. The number of nitrogens with one attached hydrogen (secondary N) is 1. The first-order valence-electron chi connectivity index (χ1n) is 20.2. The molecule has 1 heterocycles. The Labute approximate surface area is 350 Å². The first kappa shape index (κ1) is 45.5. The van der Waals surface area contributed by atoms with Crippen LogP contribution in [0.5, 0.6) is 0 Å². The molecule has 2 aromatic carbocycles. The number of hydrogen-bond acceptors (Lipinski definition) is 15. The minimum absolute atomic E-state index is 0.127. The van der Waals surface area contributed by atoms with Gasteiger partial charge in [-0.15, -0.1) is 0 Å². The van der Waals surface area contributed by atoms with E-state index in [1.165, 1.54) is 21.1 Å². The van der Waals surface area contributed by atoms with Gasteiger partial charge in [0.2, 0.25) is 6.41 Å². The smallest absolute Gasteiger partial charge is 0.338 e. The van der Waals surface area contributed by atoms with Gasteiger partial charge < -0.3 is 48.5 Å². The monoisotopic (exact) mass is 837 g/mol. The van der Waals surface area contributed by atoms with Crippen molar-refractivity contribution in [2.45, 2.75) is 134 Å². The summed E-state index contributed by atoms with van der Waals surface area (Å²) in [5.41, 5.74) is -6.48. The minimum atomic E-state index is -2.21. The fraction of sp³-hybridized carbons (Fsp3) is 0.600. The molecule has 60 heavy (non-hydrogen) atoms. The first-order chi connectivity index (χ1) is 28.1. The molecule has 6 rings (SSSR count). The highest BCUT2D eigenvalue weighted by atomic mass is 16.6. The van der Waals surface area contributed by atoms with Gasteiger partial charge in [0.25, 0.3) is 0 Å². The number of rotatable bonds is 12. The summed E-state index contributed by atoms with van der Waals surface area (Å²) in [5.74, 6) is -4.45. The Balaban J connectivity index is 1.52. The molecule has 0 spiro atoms. The molecule has 4 aliphatic rings. The van der Waals surface area contributed by atoms with E-state index in [9.17, 15) is 29.7 Å². The Bertz CT molecular complexity index is 1960. The Morgan fingerprint density at radius 3 is 2.08 bits per heavy atom. The second kappa shape index (κ2) is 16.7. The van der Waals surface area contributed by atoms with Gasteiger partial charge in [-0.05, 0) is 63.5 Å². The van der Waals surface area contributed by atoms with Gasteiger partial charge in [0.05, 0.1) is 41.3 Å². The molecule has 4 N–H and O–H groups in total. The van der Waals surface area contributed by atoms with Crippen LogP contribution in [0.15, 0.2) is 71.8 Å². The number of carbonyl (C=O) groups is 4. The zero-order chi connectivity index (χ0) is 44.2. The number of benzene rings is 2. The van der Waals surface area contributed by atoms with Crippen LogP contribution in [0.3, 0.4) is 0 Å². The number of fused-ring (bicyclic) bond motifs is 5. The van der Waals surface area contributed by atoms with Crippen LogP contribution in [0.25, 0.3) is 0 Å². The lowest BCUT2D eigenvalue weighted by molar-refractivity contribution is -0.347. The summed E-state index contributed by atoms with van der Waals surface area (Å²) in [7, 11) is 2.80. The zero-order valence-corrected chi connectivity index (χ0v) is 35.9. The Morgan fingerprint density at radius 2 is 1.55 bits per heavy atom. The number of hydrogen-bond donors (Lipinski definition) is 4. The lowest BCUT2D eigenvalue weighted by Gasteiger charge is -2.67. The summed E-state index contributed by atoms with van der Waals surface area (Å²) in [6.07, 6.45) is -9.88. The molecule has 1 unspecified atom stereocenters. The van der Waals surface area contributed by atoms with E-state index in [4.69, 9.17) is 33.2 Å². The zero-order valence-electron chi connectivity index (χ0n) is 35.9. The van der Waals surface area contributed by atoms with E-state index >= 15 is 4.79 Å². The summed E-state index contributed by atoms with van der Waals surface area (Å²) in [4.78, 5) is 57.1. The molecule has 2 aromatic rings. The van der Waals surface area contributed by atoms with E-state index in [0.29, 0.717) is 11.1 Å². The molecular weight excluding hydrogens is 778 g/mol. The molecule has 1 aliphatic heterocycles. The van der Waals surface area contributed by atoms with Crippen molar-refractivity contribution < 1.29 is 67.7 Å². The summed E-state index contributed by atoms with van der Waals surface area (Å²) in [5, 5.41) is 39.1. The number of esters is 3. The van der Waals surface area contributed by atoms with Crippen LogP contribution in [-0.2, 0) is 47.5 Å². The van der Waals surface area contributed by atoms with Crippen molar-refractivity contribution in [3.05, 3.63) is 82.9 Å². The lowest BCUT2D eigenvalue weighted by Crippen LogP contribution is -2.82. The molecule has 328 valence electrons. The van der Waals surface area contributed by atoms with E-state index in [-0.39, 0.29) is 24.2 Å². The van der Waals surface area contributed by atoms with Gasteiger partial charge in [0, 0.05) is 39.4 Å². The van der Waals surface area contributed by atoms with E-state index in [1.807, 2.05) is 0 Å². The van der Waals surface area contributed by atoms with Crippen molar-refractivity contribution >= 4 is 23.7 Å². The Morgan fingerprint density at radius 1 is 0.933 bits per heavy atom. The highest BCUT2D eigenvalue weighted by Crippen LogP contribution is 2.64. The normalized spacial score (nSPS) is 33.7. The third-order valence-electron chi connectivity index (χ3n) is 13.1. The highest BCUT2D eigenvalue weighted by Gasteiger charge is 2.78. The molecular formula is C45H59NO14. The molecule has 12 atom stereocenters. The summed E-state index contributed by atoms with van der Waals surface area (Å²) >= 11 is 0. The van der Waals surface area contributed by atoms with Crippen LogP contribution in [-0.4, -0.2) is 120 Å². The number of ether oxygens (including phenoxy) is 7. The van der Waals surface area contributed by atoms with E-state index in [2.05, 4.69) is 5.32 Å². The fourth-order valence-electron chi connectivity index (χ4n) is 10.2. The number of aliphatic hydroxyl groups excluding tert-OH is 2. The largest absolute Gasteiger partial charge is 0.456 e. The van der Waals surface area contributed by atoms with E-state index in [1.54, 1.807) is 109 Å². The van der Waals surface area contributed by atoms with Crippen LogP contribution < -0.4 is 5.32 Å². The highest BCUT2D eigenvalue weighted by molar-refractivity contribution is 5.94. The second-order valence-electron chi connectivity index (χ2n) is 18.1. The molecule has 2 bridgehead atoms. The SMILES string of the molecule is CO[C@H]1C(=O)[C@]2(C)[C@@H](OC)C[C@H]3OC[C@@]3(OC(C)=O)[C@H]2[C@H](OC(=O)c2ccccc2)[C@]2(O)C[C@H](OC(=O)[C@H](O)[C@@H](NC(O)OC(C)(C)C)c3ccccc3)C(C)=C1C2(C)C. The quantitative estimate of drug-likeness (QED) is 0.104. The van der Waals surface area contributed by atoms with Gasteiger partial charge >= 0.3 is 17.9 Å². The summed E-state index contributed by atoms with van der Waals surface area (Å²) in [6.45, 7) is 12.9. The third-order valence-corrected chi connectivity index (χ3v) is 13.1. The number of Topliss-reactive ketones (excluding diaryl/α,β-unsaturated/α-hetero) is 1. The average Bonchev–Trinajstić information content (AvgIpc) is 3.18. The molecule has 0 aromatic heterocycles. The van der Waals surface area contributed by atoms with Gasteiger partial charge in [0.1, 0.15) is 30.0 Å². The molecule has 15 heteroatoms. The van der Waals surface area contributed by atoms with Gasteiger partial charge in [-0.1, -0.05) is 62.4 Å². The Hall–Kier alpha value is -4.06. The van der Waals surface area contributed by atoms with Crippen LogP contribution >= 0.6 is 0 Å². The first-order valence-corrected chi connectivity index (χ1v) is 20.2. The maximum absolute atomic E-state index is 15.5. The number of ketones is 1. The molecule has 0 radical (unpaired) electrons. The predicted molar refractivity (Wildman–Crippen MR) is 214 cm³/mol. The molecule has 1 saturated heterocycles. The van der Waals surface area contributed by atoms with Crippen LogP contribution in [0, 0.1) is 16.7 Å². The van der Waals surface area contributed by atoms with Crippen molar-refractivity contribution in [3.63, 3.8) is 0 Å². The van der Waals surface area contributed by atoms with Crippen molar-refractivity contribution in [2.24, 2.45) is 16.7 Å². The van der Waals surface area contributed by atoms with E-state index < -0.39 is 113 Å². The number of methoxy groups -OCH3 is 2. The molecule has 15 nitrogen and oxygen atoms in total. The van der Waals surface area contributed by atoms with Gasteiger partial charge in [0.15, 0.2) is 17.5 Å². The van der Waals surface area contributed by atoms with Crippen LogP contribution in [0.2, 0.25) is 0 Å². The molecule has 3 aliphatic carbocycles. The standard InChI is InChI=1S/C45H59NO14/c1-24-28(57-39(51)33(48)32(26-17-13-11-14-18-26)46-40(52)60-41(3,4)5)22-45(53)37(58-38(50)27-19-15-12-16-20-27)35-43(8,36(49)34(55-10)31(24)42(45,6)7)29(54-9)21-30-44(35,23-56-30)59-25(2)47/h11-20,28-30,32-35,37,40,46,48,52-53H,21-23H2,1-10H3/t28-,29-,30+,32-,33+,34+,35-,37-,40?,43+,44-,45+/m0/s1. The molecule has 2 saturated carbocycles. The van der Waals surface area contributed by atoms with Crippen molar-refractivity contribution in [1.29, 1.82) is 0 Å². The molecule has 3 fully saturated rings. The maximum Gasteiger partial charge on any atom is 0.338 e. The van der Waals surface area contributed by atoms with Gasteiger partial charge in [-0.2, -0.15) is 0 Å². The van der Waals surface area contributed by atoms with Crippen LogP contribution in [0.4, 0.5) is 0 Å². The topological polar surface area (TPSA) is 206 Å². The predicted octanol–water partition coefficient (Wildman–Crippen LogP) is 3.72. The van der Waals surface area contributed by atoms with Crippen LogP contribution in [0.1, 0.15) is 90.2 Å². The van der Waals surface area contributed by atoms with Crippen molar-refractivity contribution in [3.8, 4) is 0 Å². The van der Waals surface area contributed by atoms with Gasteiger partial charge in [-0.25, -0.2) is 9.59 Å². The second-order valence-corrected chi connectivity index (χ2v) is 18.1. The van der Waals surface area contributed by atoms with E-state index in [0.717, 1.165) is 0 Å². The number of carbonyl (C=O) groups excluding carboxylic acids is 4. The average molecular weight is 838 g/mol. The van der Waals surface area contributed by atoms with Crippen molar-refractivity contribution in [1.82, 2.24) is 5.32 Å². The fourth-order valence-corrected chi connectivity index (χ4v) is 10.2. The van der Waals surface area contributed by atoms with Gasteiger partial charge in [-0.3, -0.25) is 14.9 Å². The molecule has 0 amide bonds. The lowest BCUT2D eigenvalue weighted by atomic mass is 9.44. The van der Waals surface area contributed by atoms with Crippen molar-refractivity contribution in [2.75, 3.05) is 20.8 Å². The number of aliphatic hydroxyl groups is 3. The summed E-state index contributed by atoms with van der Waals surface area (Å²) < 4.78 is 42.6. The maximum atomic E-state index is 15.5. The summed E-state index contributed by atoms with van der Waals surface area (Å²) in [6, 6.07) is 15.3. The third kappa shape index (κ3) is 7.72. The Kier molecular flexibility index (Phi) is 12.6.